The van der Waals surface area contributed by atoms with E-state index in [0.717, 1.165) is 19.9 Å². The Morgan fingerprint density at radius 1 is 1.16 bits per heavy atom. The fourth-order valence-electron chi connectivity index (χ4n) is 5.55. The molecule has 3 saturated heterocycles. The van der Waals surface area contributed by atoms with Gasteiger partial charge in [0.15, 0.2) is 5.60 Å². The summed E-state index contributed by atoms with van der Waals surface area (Å²) >= 11 is 5.34. The number of alkyl halides is 3. The van der Waals surface area contributed by atoms with E-state index < -0.39 is 21.8 Å². The lowest BCUT2D eigenvalue weighted by Gasteiger charge is -2.45. The summed E-state index contributed by atoms with van der Waals surface area (Å²) < 4.78 is 74.1. The number of fused-ring (bicyclic) bond motifs is 2. The van der Waals surface area contributed by atoms with E-state index in [0.29, 0.717) is 36.7 Å². The minimum atomic E-state index is -4.81. The molecule has 3 fully saturated rings. The molecule has 3 aliphatic heterocycles. The lowest BCUT2D eigenvalue weighted by Crippen LogP contribution is -2.59. The molecular weight excluding hydrogens is 527 g/mol. The van der Waals surface area contributed by atoms with Crippen LogP contribution in [0.5, 0.6) is 0 Å². The van der Waals surface area contributed by atoms with Gasteiger partial charge < -0.3 is 14.7 Å². The molecule has 0 spiro atoms. The van der Waals surface area contributed by atoms with Gasteiger partial charge in [-0.25, -0.2) is 8.42 Å². The molecule has 4 atom stereocenters. The number of likely N-dealkylation sites (tertiary alicyclic amines) is 1. The molecule has 4 aliphatic rings. The minimum absolute atomic E-state index is 0.157. The third kappa shape index (κ3) is 4.99. The van der Waals surface area contributed by atoms with Gasteiger partial charge in [0.05, 0.1) is 23.7 Å². The number of nitrogens with zero attached hydrogens (tertiary/aromatic N) is 3. The summed E-state index contributed by atoms with van der Waals surface area (Å²) in [5, 5.41) is 10.0. The molecule has 2 unspecified atom stereocenters. The number of rotatable bonds is 6. The number of aliphatic hydroxyl groups is 1. The van der Waals surface area contributed by atoms with Crippen molar-refractivity contribution in [1.82, 2.24) is 9.21 Å². The highest BCUT2D eigenvalue weighted by Crippen LogP contribution is 2.39. The Hall–Kier alpha value is -1.83. The van der Waals surface area contributed by atoms with Gasteiger partial charge in [-0.1, -0.05) is 36.5 Å². The summed E-state index contributed by atoms with van der Waals surface area (Å²) in [7, 11) is -3.79. The summed E-state index contributed by atoms with van der Waals surface area (Å²) in [6.45, 7) is 3.57. The van der Waals surface area contributed by atoms with Crippen molar-refractivity contribution in [3.05, 3.63) is 53.0 Å². The first kappa shape index (κ1) is 26.8. The van der Waals surface area contributed by atoms with Crippen molar-refractivity contribution in [1.29, 1.82) is 0 Å². The van der Waals surface area contributed by atoms with Gasteiger partial charge >= 0.3 is 6.18 Å². The summed E-state index contributed by atoms with van der Waals surface area (Å²) in [6.07, 6.45) is 1.81. The normalized spacial score (nSPS) is 29.0. The SMILES string of the molecule is CC(O)(c1ccc(N2CCN(S(=O)(=O)C3=CC=CCC3=S)CC2CN2C[C@H]3C[C@@H]2CO3)cc1)C(F)(F)F. The van der Waals surface area contributed by atoms with Crippen molar-refractivity contribution in [3.8, 4) is 0 Å². The molecule has 0 radical (unpaired) electrons. The van der Waals surface area contributed by atoms with Gasteiger partial charge in [-0.2, -0.15) is 17.5 Å². The Labute approximate surface area is 220 Å². The molecule has 1 aromatic rings. The van der Waals surface area contributed by atoms with E-state index in [-0.39, 0.29) is 41.7 Å². The van der Waals surface area contributed by atoms with Gasteiger partial charge in [-0.15, -0.1) is 0 Å². The van der Waals surface area contributed by atoms with E-state index in [1.54, 1.807) is 24.3 Å². The van der Waals surface area contributed by atoms with E-state index in [1.807, 2.05) is 6.08 Å². The summed E-state index contributed by atoms with van der Waals surface area (Å²) in [6, 6.07) is 5.75. The molecule has 12 heteroatoms. The van der Waals surface area contributed by atoms with Crippen LogP contribution in [0.3, 0.4) is 0 Å². The highest BCUT2D eigenvalue weighted by atomic mass is 32.2. The number of halogens is 3. The van der Waals surface area contributed by atoms with Crippen LogP contribution in [0.1, 0.15) is 25.3 Å². The summed E-state index contributed by atoms with van der Waals surface area (Å²) in [4.78, 5) is 4.92. The van der Waals surface area contributed by atoms with Crippen LogP contribution < -0.4 is 4.90 Å². The molecule has 2 bridgehead atoms. The maximum Gasteiger partial charge on any atom is 0.421 e. The van der Waals surface area contributed by atoms with E-state index in [2.05, 4.69) is 9.80 Å². The maximum atomic E-state index is 13.5. The van der Waals surface area contributed by atoms with Gasteiger partial charge in [-0.05, 0) is 37.1 Å². The number of allylic oxidation sites excluding steroid dienone is 4. The molecule has 7 nitrogen and oxygen atoms in total. The highest BCUT2D eigenvalue weighted by molar-refractivity contribution is 7.96. The molecule has 5 rings (SSSR count). The molecule has 37 heavy (non-hydrogen) atoms. The smallest absolute Gasteiger partial charge is 0.376 e. The molecule has 1 aromatic carbocycles. The molecule has 1 aliphatic carbocycles. The lowest BCUT2D eigenvalue weighted by molar-refractivity contribution is -0.258. The Bertz CT molecular complexity index is 1210. The summed E-state index contributed by atoms with van der Waals surface area (Å²) in [5.41, 5.74) is -2.53. The van der Waals surface area contributed by atoms with Crippen molar-refractivity contribution < 1.29 is 31.4 Å². The molecular formula is C25H30F3N3O4S2. The molecule has 1 N–H and O–H groups in total. The maximum absolute atomic E-state index is 13.5. The molecule has 3 heterocycles. The predicted molar refractivity (Wildman–Crippen MR) is 138 cm³/mol. The number of hydrogen-bond donors (Lipinski definition) is 1. The van der Waals surface area contributed by atoms with E-state index in [1.165, 1.54) is 16.4 Å². The average Bonchev–Trinajstić information content (AvgIpc) is 3.47. The number of anilines is 1. The van der Waals surface area contributed by atoms with Crippen LogP contribution in [0.15, 0.2) is 47.4 Å². The first-order chi connectivity index (χ1) is 17.4. The monoisotopic (exact) mass is 557 g/mol. The topological polar surface area (TPSA) is 73.3 Å². The van der Waals surface area contributed by atoms with Crippen LogP contribution >= 0.6 is 12.2 Å². The first-order valence-electron chi connectivity index (χ1n) is 12.3. The van der Waals surface area contributed by atoms with Crippen LogP contribution in [0.2, 0.25) is 0 Å². The number of morpholine rings is 1. The van der Waals surface area contributed by atoms with E-state index >= 15 is 0 Å². The van der Waals surface area contributed by atoms with Gasteiger partial charge in [0, 0.05) is 55.7 Å². The number of piperazine rings is 1. The molecule has 0 aromatic heterocycles. The Balaban J connectivity index is 1.40. The lowest BCUT2D eigenvalue weighted by atomic mass is 9.95. The number of sulfonamides is 1. The van der Waals surface area contributed by atoms with Crippen LogP contribution in [0.4, 0.5) is 18.9 Å². The third-order valence-electron chi connectivity index (χ3n) is 7.80. The second kappa shape index (κ2) is 9.73. The average molecular weight is 558 g/mol. The van der Waals surface area contributed by atoms with Gasteiger partial charge in [0.1, 0.15) is 0 Å². The Morgan fingerprint density at radius 2 is 1.89 bits per heavy atom. The quantitative estimate of drug-likeness (QED) is 0.540. The van der Waals surface area contributed by atoms with Gasteiger partial charge in [-0.3, -0.25) is 4.90 Å². The molecule has 0 amide bonds. The van der Waals surface area contributed by atoms with E-state index in [9.17, 15) is 26.7 Å². The number of hydrogen-bond acceptors (Lipinski definition) is 7. The second-order valence-corrected chi connectivity index (χ2v) is 12.6. The molecule has 202 valence electrons. The van der Waals surface area contributed by atoms with Gasteiger partial charge in [0.25, 0.3) is 0 Å². The van der Waals surface area contributed by atoms with Crippen LogP contribution in [-0.4, -0.2) is 91.3 Å². The third-order valence-corrected chi connectivity index (χ3v) is 10.3. The van der Waals surface area contributed by atoms with Crippen LogP contribution in [0, 0.1) is 0 Å². The Kier molecular flexibility index (Phi) is 7.04. The predicted octanol–water partition coefficient (Wildman–Crippen LogP) is 2.96. The van der Waals surface area contributed by atoms with Crippen molar-refractivity contribution in [2.24, 2.45) is 0 Å². The van der Waals surface area contributed by atoms with Crippen molar-refractivity contribution in [2.75, 3.05) is 44.2 Å². The van der Waals surface area contributed by atoms with Gasteiger partial charge in [0.2, 0.25) is 10.0 Å². The van der Waals surface area contributed by atoms with Crippen LogP contribution in [-0.2, 0) is 20.4 Å². The summed E-state index contributed by atoms with van der Waals surface area (Å²) in [5.74, 6) is 0. The highest BCUT2D eigenvalue weighted by Gasteiger charge is 2.51. The van der Waals surface area contributed by atoms with Crippen molar-refractivity contribution >= 4 is 32.8 Å². The number of thiocarbonyl (C=S) groups is 1. The van der Waals surface area contributed by atoms with Crippen molar-refractivity contribution in [3.63, 3.8) is 0 Å². The standard InChI is InChI=1S/C25H30F3N3O4S2/c1-24(32,25(26,27)28)17-6-8-18(9-7-17)31-11-10-30(37(33,34)23-5-3-2-4-22(23)36)14-20(31)13-29-15-21-12-19(29)16-35-21/h2-3,5-9,19-21,32H,4,10-16H2,1H3/t19-,20?,21-,24?/m1/s1. The zero-order valence-electron chi connectivity index (χ0n) is 20.4. The minimum Gasteiger partial charge on any atom is -0.376 e. The van der Waals surface area contributed by atoms with Crippen molar-refractivity contribution in [2.45, 2.75) is 49.7 Å². The Morgan fingerprint density at radius 3 is 2.49 bits per heavy atom. The zero-order chi connectivity index (χ0) is 26.6. The van der Waals surface area contributed by atoms with Crippen LogP contribution in [0.25, 0.3) is 0 Å². The fourth-order valence-corrected chi connectivity index (χ4v) is 7.62. The van der Waals surface area contributed by atoms with E-state index in [4.69, 9.17) is 17.0 Å². The fraction of sp³-hybridized carbons (Fsp3) is 0.560. The zero-order valence-corrected chi connectivity index (χ0v) is 22.0. The number of benzene rings is 1. The first-order valence-corrected chi connectivity index (χ1v) is 14.1. The second-order valence-electron chi connectivity index (χ2n) is 10.2. The largest absolute Gasteiger partial charge is 0.421 e. The molecule has 0 saturated carbocycles. The number of ether oxygens (including phenoxy) is 1.